The third kappa shape index (κ3) is 2.99. The van der Waals surface area contributed by atoms with Gasteiger partial charge in [0.1, 0.15) is 9.63 Å². The summed E-state index contributed by atoms with van der Waals surface area (Å²) in [6.07, 6.45) is -3.73. The van der Waals surface area contributed by atoms with Gasteiger partial charge in [-0.2, -0.15) is 0 Å². The number of pyridine rings is 1. The smallest absolute Gasteiger partial charge is 0.403 e. The number of hydrogen-bond acceptors (Lipinski definition) is 2. The SMILES string of the molecule is FC(F)(F)Oc1c(Cl)cnc(Br)c1Br. The summed E-state index contributed by atoms with van der Waals surface area (Å²) < 4.78 is 39.6. The fourth-order valence-electron chi connectivity index (χ4n) is 0.636. The highest BCUT2D eigenvalue weighted by atomic mass is 79.9. The third-order valence-corrected chi connectivity index (χ3v) is 3.24. The lowest BCUT2D eigenvalue weighted by Crippen LogP contribution is -2.17. The Labute approximate surface area is 98.7 Å². The summed E-state index contributed by atoms with van der Waals surface area (Å²) in [7, 11) is 0. The molecule has 0 aliphatic carbocycles. The standard InChI is InChI=1S/C6HBr2ClF3NO/c7-3-4(14-6(10,11)12)2(9)1-13-5(3)8/h1H. The summed E-state index contributed by atoms with van der Waals surface area (Å²) >= 11 is 11.3. The predicted octanol–water partition coefficient (Wildman–Crippen LogP) is 4.16. The van der Waals surface area contributed by atoms with Crippen LogP contribution in [0.2, 0.25) is 5.02 Å². The first kappa shape index (κ1) is 12.1. The van der Waals surface area contributed by atoms with Crippen molar-refractivity contribution in [3.8, 4) is 5.75 Å². The van der Waals surface area contributed by atoms with Crippen molar-refractivity contribution in [2.45, 2.75) is 6.36 Å². The fourth-order valence-corrected chi connectivity index (χ4v) is 1.61. The number of halogens is 6. The zero-order valence-electron chi connectivity index (χ0n) is 6.20. The summed E-state index contributed by atoms with van der Waals surface area (Å²) in [4.78, 5) is 3.66. The van der Waals surface area contributed by atoms with Gasteiger partial charge in [0.15, 0.2) is 5.75 Å². The molecule has 0 bridgehead atoms. The van der Waals surface area contributed by atoms with E-state index in [9.17, 15) is 13.2 Å². The molecule has 0 saturated heterocycles. The van der Waals surface area contributed by atoms with Gasteiger partial charge in [-0.1, -0.05) is 11.6 Å². The minimum absolute atomic E-state index is 0.0160. The van der Waals surface area contributed by atoms with Gasteiger partial charge in [-0.25, -0.2) is 4.98 Å². The van der Waals surface area contributed by atoms with Gasteiger partial charge in [0, 0.05) is 0 Å². The number of hydrogen-bond donors (Lipinski definition) is 0. The summed E-state index contributed by atoms with van der Waals surface area (Å²) in [6, 6.07) is 0. The molecule has 0 radical (unpaired) electrons. The average molecular weight is 355 g/mol. The molecule has 0 spiro atoms. The Bertz CT molecular complexity index is 358. The third-order valence-electron chi connectivity index (χ3n) is 1.11. The van der Waals surface area contributed by atoms with Gasteiger partial charge in [0.25, 0.3) is 0 Å². The molecule has 0 atom stereocenters. The zero-order chi connectivity index (χ0) is 10.9. The van der Waals surface area contributed by atoms with Crippen molar-refractivity contribution in [3.05, 3.63) is 20.3 Å². The van der Waals surface area contributed by atoms with E-state index in [2.05, 4.69) is 41.6 Å². The second kappa shape index (κ2) is 4.24. The Morgan fingerprint density at radius 1 is 1.36 bits per heavy atom. The number of ether oxygens (including phenoxy) is 1. The molecule has 1 aromatic heterocycles. The van der Waals surface area contributed by atoms with E-state index in [0.717, 1.165) is 6.20 Å². The Hall–Kier alpha value is -0.0100. The van der Waals surface area contributed by atoms with Crippen LogP contribution in [0.4, 0.5) is 13.2 Å². The van der Waals surface area contributed by atoms with Crippen molar-refractivity contribution in [1.29, 1.82) is 0 Å². The van der Waals surface area contributed by atoms with Crippen molar-refractivity contribution in [1.82, 2.24) is 4.98 Å². The maximum atomic E-state index is 11.9. The summed E-state index contributed by atoms with van der Waals surface area (Å²) in [5, 5.41) is -0.225. The van der Waals surface area contributed by atoms with E-state index < -0.39 is 12.1 Å². The van der Waals surface area contributed by atoms with Gasteiger partial charge >= 0.3 is 6.36 Å². The lowest BCUT2D eigenvalue weighted by Gasteiger charge is -2.12. The predicted molar refractivity (Wildman–Crippen MR) is 51.3 cm³/mol. The summed E-state index contributed by atoms with van der Waals surface area (Å²) in [6.45, 7) is 0. The lowest BCUT2D eigenvalue weighted by atomic mass is 10.4. The molecule has 0 fully saturated rings. The molecule has 0 saturated carbocycles. The van der Waals surface area contributed by atoms with E-state index in [1.807, 2.05) is 0 Å². The first-order valence-electron chi connectivity index (χ1n) is 3.06. The number of alkyl halides is 3. The molecule has 1 aromatic rings. The van der Waals surface area contributed by atoms with Crippen molar-refractivity contribution >= 4 is 43.5 Å². The highest BCUT2D eigenvalue weighted by Crippen LogP contribution is 2.39. The van der Waals surface area contributed by atoms with Crippen LogP contribution < -0.4 is 4.74 Å². The Morgan fingerprint density at radius 2 is 1.93 bits per heavy atom. The van der Waals surface area contributed by atoms with Crippen LogP contribution in [0.3, 0.4) is 0 Å². The summed E-state index contributed by atoms with van der Waals surface area (Å²) in [5.41, 5.74) is 0. The molecule has 0 aromatic carbocycles. The van der Waals surface area contributed by atoms with Gasteiger partial charge in [-0.3, -0.25) is 0 Å². The molecule has 14 heavy (non-hydrogen) atoms. The second-order valence-electron chi connectivity index (χ2n) is 2.09. The molecular weight excluding hydrogens is 354 g/mol. The van der Waals surface area contributed by atoms with E-state index in [1.165, 1.54) is 0 Å². The number of rotatable bonds is 1. The molecule has 78 valence electrons. The van der Waals surface area contributed by atoms with Gasteiger partial charge in [0.2, 0.25) is 0 Å². The molecule has 0 aliphatic heterocycles. The monoisotopic (exact) mass is 353 g/mol. The molecule has 1 heterocycles. The molecule has 2 nitrogen and oxygen atoms in total. The van der Waals surface area contributed by atoms with Crippen LogP contribution in [-0.4, -0.2) is 11.3 Å². The first-order chi connectivity index (χ1) is 6.31. The van der Waals surface area contributed by atoms with Gasteiger partial charge in [-0.05, 0) is 31.9 Å². The molecule has 0 aliphatic rings. The highest BCUT2D eigenvalue weighted by Gasteiger charge is 2.33. The van der Waals surface area contributed by atoms with Gasteiger partial charge in [-0.15, -0.1) is 13.2 Å². The Morgan fingerprint density at radius 3 is 2.43 bits per heavy atom. The molecule has 0 N–H and O–H groups in total. The van der Waals surface area contributed by atoms with Crippen LogP contribution >= 0.6 is 43.5 Å². The molecule has 0 amide bonds. The van der Waals surface area contributed by atoms with E-state index >= 15 is 0 Å². The molecule has 8 heteroatoms. The van der Waals surface area contributed by atoms with E-state index in [4.69, 9.17) is 11.6 Å². The molecule has 1 rings (SSSR count). The zero-order valence-corrected chi connectivity index (χ0v) is 10.1. The lowest BCUT2D eigenvalue weighted by molar-refractivity contribution is -0.274. The quantitative estimate of drug-likeness (QED) is 0.706. The van der Waals surface area contributed by atoms with E-state index in [0.29, 0.717) is 0 Å². The van der Waals surface area contributed by atoms with E-state index in [1.54, 1.807) is 0 Å². The van der Waals surface area contributed by atoms with Crippen LogP contribution in [0.15, 0.2) is 15.3 Å². The summed E-state index contributed by atoms with van der Waals surface area (Å²) in [5.74, 6) is -0.513. The fraction of sp³-hybridized carbons (Fsp3) is 0.167. The van der Waals surface area contributed by atoms with E-state index in [-0.39, 0.29) is 14.1 Å². The number of nitrogens with zero attached hydrogens (tertiary/aromatic N) is 1. The first-order valence-corrected chi connectivity index (χ1v) is 5.03. The Kier molecular flexibility index (Phi) is 3.65. The van der Waals surface area contributed by atoms with Crippen LogP contribution in [0.25, 0.3) is 0 Å². The Balaban J connectivity index is 3.13. The molecule has 0 unspecified atom stereocenters. The average Bonchev–Trinajstić information content (AvgIpc) is 2.04. The van der Waals surface area contributed by atoms with Crippen LogP contribution in [-0.2, 0) is 0 Å². The topological polar surface area (TPSA) is 22.1 Å². The molecular formula is C6HBr2ClF3NO. The number of aromatic nitrogens is 1. The minimum Gasteiger partial charge on any atom is -0.403 e. The largest absolute Gasteiger partial charge is 0.573 e. The normalized spacial score (nSPS) is 11.6. The van der Waals surface area contributed by atoms with Crippen LogP contribution in [0, 0.1) is 0 Å². The van der Waals surface area contributed by atoms with Crippen molar-refractivity contribution in [2.24, 2.45) is 0 Å². The van der Waals surface area contributed by atoms with Crippen LogP contribution in [0.5, 0.6) is 5.75 Å². The highest BCUT2D eigenvalue weighted by molar-refractivity contribution is 9.13. The van der Waals surface area contributed by atoms with Gasteiger partial charge in [0.05, 0.1) is 10.7 Å². The van der Waals surface area contributed by atoms with Gasteiger partial charge < -0.3 is 4.74 Å². The van der Waals surface area contributed by atoms with Crippen molar-refractivity contribution in [3.63, 3.8) is 0 Å². The van der Waals surface area contributed by atoms with Crippen molar-refractivity contribution in [2.75, 3.05) is 0 Å². The maximum absolute atomic E-state index is 11.9. The van der Waals surface area contributed by atoms with Crippen LogP contribution in [0.1, 0.15) is 0 Å². The van der Waals surface area contributed by atoms with Crippen molar-refractivity contribution < 1.29 is 17.9 Å². The second-order valence-corrected chi connectivity index (χ2v) is 4.04. The maximum Gasteiger partial charge on any atom is 0.573 e. The minimum atomic E-state index is -4.78.